The Bertz CT molecular complexity index is 326. The van der Waals surface area contributed by atoms with Crippen LogP contribution < -0.4 is 0 Å². The Kier molecular flexibility index (Phi) is 3.50. The van der Waals surface area contributed by atoms with Gasteiger partial charge in [0.1, 0.15) is 0 Å². The van der Waals surface area contributed by atoms with Gasteiger partial charge in [0.05, 0.1) is 6.61 Å². The molecule has 3 aliphatic carbocycles. The number of ether oxygens (including phenoxy) is 2. The fourth-order valence-electron chi connectivity index (χ4n) is 3.91. The minimum atomic E-state index is 0.0742. The zero-order chi connectivity index (χ0) is 12.6. The molecule has 1 aliphatic heterocycles. The Labute approximate surface area is 111 Å². The lowest BCUT2D eigenvalue weighted by Gasteiger charge is -2.56. The monoisotopic (exact) mass is 250 g/mol. The van der Waals surface area contributed by atoms with Gasteiger partial charge in [0.25, 0.3) is 0 Å². The molecular weight excluding hydrogens is 224 g/mol. The van der Waals surface area contributed by atoms with Crippen molar-refractivity contribution in [2.45, 2.75) is 58.7 Å². The standard InChI is InChI=1S/C16H26O2/c1-16(2)13-7-6-12(14(16)11-13)8-10-18-15-5-3-4-9-17-15/h6,13-15H,3-5,7-11H2,1-2H3. The van der Waals surface area contributed by atoms with Crippen LogP contribution in [-0.4, -0.2) is 19.5 Å². The summed E-state index contributed by atoms with van der Waals surface area (Å²) in [5, 5.41) is 0. The molecule has 0 N–H and O–H groups in total. The van der Waals surface area contributed by atoms with E-state index in [4.69, 9.17) is 9.47 Å². The first-order valence-corrected chi connectivity index (χ1v) is 7.60. The normalized spacial score (nSPS) is 37.9. The first-order valence-electron chi connectivity index (χ1n) is 7.60. The third-order valence-electron chi connectivity index (χ3n) is 5.42. The first kappa shape index (κ1) is 12.7. The summed E-state index contributed by atoms with van der Waals surface area (Å²) in [5.74, 6) is 1.76. The van der Waals surface area contributed by atoms with Gasteiger partial charge in [-0.25, -0.2) is 0 Å². The summed E-state index contributed by atoms with van der Waals surface area (Å²) in [4.78, 5) is 0. The molecule has 3 unspecified atom stereocenters. The van der Waals surface area contributed by atoms with E-state index in [0.717, 1.165) is 37.9 Å². The highest BCUT2D eigenvalue weighted by Crippen LogP contribution is 2.59. The van der Waals surface area contributed by atoms with Crippen LogP contribution in [0.4, 0.5) is 0 Å². The molecule has 102 valence electrons. The highest BCUT2D eigenvalue weighted by Gasteiger charge is 2.50. The van der Waals surface area contributed by atoms with Crippen LogP contribution in [-0.2, 0) is 9.47 Å². The highest BCUT2D eigenvalue weighted by molar-refractivity contribution is 5.23. The van der Waals surface area contributed by atoms with Gasteiger partial charge in [-0.15, -0.1) is 0 Å². The Balaban J connectivity index is 1.45. The summed E-state index contributed by atoms with van der Waals surface area (Å²) in [6.07, 6.45) is 9.90. The van der Waals surface area contributed by atoms with Crippen molar-refractivity contribution < 1.29 is 9.47 Å². The molecular formula is C16H26O2. The molecule has 0 aromatic rings. The Hall–Kier alpha value is -0.340. The summed E-state index contributed by atoms with van der Waals surface area (Å²) < 4.78 is 11.5. The molecule has 0 amide bonds. The summed E-state index contributed by atoms with van der Waals surface area (Å²) >= 11 is 0. The van der Waals surface area contributed by atoms with E-state index in [1.807, 2.05) is 0 Å². The van der Waals surface area contributed by atoms with Crippen LogP contribution in [0.1, 0.15) is 52.4 Å². The lowest BCUT2D eigenvalue weighted by atomic mass is 9.48. The zero-order valence-electron chi connectivity index (χ0n) is 11.8. The molecule has 2 bridgehead atoms. The smallest absolute Gasteiger partial charge is 0.157 e. The van der Waals surface area contributed by atoms with Gasteiger partial charge < -0.3 is 9.47 Å². The maximum atomic E-state index is 5.86. The van der Waals surface area contributed by atoms with Crippen molar-refractivity contribution in [3.63, 3.8) is 0 Å². The quantitative estimate of drug-likeness (QED) is 0.704. The van der Waals surface area contributed by atoms with Gasteiger partial charge >= 0.3 is 0 Å². The van der Waals surface area contributed by atoms with Crippen molar-refractivity contribution in [2.24, 2.45) is 17.3 Å². The van der Waals surface area contributed by atoms with Crippen LogP contribution >= 0.6 is 0 Å². The number of hydrogen-bond acceptors (Lipinski definition) is 2. The number of hydrogen-bond donors (Lipinski definition) is 0. The topological polar surface area (TPSA) is 18.5 Å². The van der Waals surface area contributed by atoms with Crippen molar-refractivity contribution >= 4 is 0 Å². The van der Waals surface area contributed by atoms with E-state index in [-0.39, 0.29) is 6.29 Å². The SMILES string of the molecule is CC1(C)C2CC=C(CCOC3CCCCO3)C1C2. The van der Waals surface area contributed by atoms with Crippen LogP contribution in [0, 0.1) is 17.3 Å². The fourth-order valence-corrected chi connectivity index (χ4v) is 3.91. The molecule has 0 spiro atoms. The Morgan fingerprint density at radius 1 is 1.39 bits per heavy atom. The van der Waals surface area contributed by atoms with Crippen LogP contribution in [0.5, 0.6) is 0 Å². The molecule has 2 nitrogen and oxygen atoms in total. The predicted molar refractivity (Wildman–Crippen MR) is 72.2 cm³/mol. The summed E-state index contributed by atoms with van der Waals surface area (Å²) in [6, 6.07) is 0. The van der Waals surface area contributed by atoms with Gasteiger partial charge in [-0.05, 0) is 55.8 Å². The summed E-state index contributed by atoms with van der Waals surface area (Å²) in [6.45, 7) is 6.59. The minimum Gasteiger partial charge on any atom is -0.353 e. The van der Waals surface area contributed by atoms with Gasteiger partial charge in [-0.3, -0.25) is 0 Å². The summed E-state index contributed by atoms with van der Waals surface area (Å²) in [7, 11) is 0. The highest BCUT2D eigenvalue weighted by atomic mass is 16.7. The second kappa shape index (κ2) is 4.97. The lowest BCUT2D eigenvalue weighted by molar-refractivity contribution is -0.162. The van der Waals surface area contributed by atoms with Crippen LogP contribution in [0.2, 0.25) is 0 Å². The molecule has 3 atom stereocenters. The number of fused-ring (bicyclic) bond motifs is 1. The first-order chi connectivity index (χ1) is 8.68. The van der Waals surface area contributed by atoms with Gasteiger partial charge in [0.15, 0.2) is 6.29 Å². The molecule has 4 rings (SSSR count). The van der Waals surface area contributed by atoms with Gasteiger partial charge in [-0.1, -0.05) is 25.5 Å². The Morgan fingerprint density at radius 3 is 2.94 bits per heavy atom. The molecule has 2 heteroatoms. The van der Waals surface area contributed by atoms with Crippen molar-refractivity contribution in [3.05, 3.63) is 11.6 Å². The van der Waals surface area contributed by atoms with E-state index in [2.05, 4.69) is 19.9 Å². The molecule has 1 saturated heterocycles. The van der Waals surface area contributed by atoms with Crippen molar-refractivity contribution in [1.29, 1.82) is 0 Å². The second-order valence-electron chi connectivity index (χ2n) is 6.74. The van der Waals surface area contributed by atoms with E-state index < -0.39 is 0 Å². The van der Waals surface area contributed by atoms with E-state index >= 15 is 0 Å². The third kappa shape index (κ3) is 2.25. The van der Waals surface area contributed by atoms with Crippen molar-refractivity contribution in [1.82, 2.24) is 0 Å². The largest absolute Gasteiger partial charge is 0.353 e. The molecule has 0 aromatic heterocycles. The predicted octanol–water partition coefficient (Wildman–Crippen LogP) is 3.91. The third-order valence-corrected chi connectivity index (χ3v) is 5.42. The van der Waals surface area contributed by atoms with E-state index in [1.54, 1.807) is 5.57 Å². The minimum absolute atomic E-state index is 0.0742. The number of rotatable bonds is 4. The Morgan fingerprint density at radius 2 is 2.28 bits per heavy atom. The lowest BCUT2D eigenvalue weighted by Crippen LogP contribution is -2.48. The molecule has 0 aromatic carbocycles. The zero-order valence-corrected chi connectivity index (χ0v) is 11.8. The van der Waals surface area contributed by atoms with E-state index in [1.165, 1.54) is 25.7 Å². The maximum Gasteiger partial charge on any atom is 0.157 e. The van der Waals surface area contributed by atoms with E-state index in [9.17, 15) is 0 Å². The second-order valence-corrected chi connectivity index (χ2v) is 6.74. The van der Waals surface area contributed by atoms with Gasteiger partial charge in [0.2, 0.25) is 0 Å². The van der Waals surface area contributed by atoms with Crippen LogP contribution in [0.25, 0.3) is 0 Å². The van der Waals surface area contributed by atoms with Gasteiger partial charge in [-0.2, -0.15) is 0 Å². The van der Waals surface area contributed by atoms with Gasteiger partial charge in [0, 0.05) is 6.61 Å². The molecule has 2 fully saturated rings. The maximum absolute atomic E-state index is 5.86. The molecule has 18 heavy (non-hydrogen) atoms. The van der Waals surface area contributed by atoms with Crippen molar-refractivity contribution in [3.8, 4) is 0 Å². The van der Waals surface area contributed by atoms with E-state index in [0.29, 0.717) is 5.41 Å². The average Bonchev–Trinajstić information content (AvgIpc) is 2.40. The molecule has 1 heterocycles. The fraction of sp³-hybridized carbons (Fsp3) is 0.875. The van der Waals surface area contributed by atoms with Crippen LogP contribution in [0.15, 0.2) is 11.6 Å². The average molecular weight is 250 g/mol. The van der Waals surface area contributed by atoms with Crippen molar-refractivity contribution in [2.75, 3.05) is 13.2 Å². The molecule has 0 radical (unpaired) electrons. The summed E-state index contributed by atoms with van der Waals surface area (Å²) in [5.41, 5.74) is 2.20. The molecule has 4 aliphatic rings. The van der Waals surface area contributed by atoms with Crippen LogP contribution in [0.3, 0.4) is 0 Å². The number of allylic oxidation sites excluding steroid dienone is 1. The molecule has 1 saturated carbocycles.